The number of aromatic nitrogens is 2. The zero-order valence-corrected chi connectivity index (χ0v) is 12.1. The van der Waals surface area contributed by atoms with E-state index in [0.29, 0.717) is 5.69 Å². The highest BCUT2D eigenvalue weighted by atomic mass is 16.2. The molecule has 2 N–H and O–H groups in total. The number of hydrogen-bond acceptors (Lipinski definition) is 4. The van der Waals surface area contributed by atoms with Crippen molar-refractivity contribution in [3.05, 3.63) is 52.6 Å². The number of carbonyl (C=O) groups excluding carboxylic acids is 1. The van der Waals surface area contributed by atoms with Gasteiger partial charge in [-0.05, 0) is 26.0 Å². The van der Waals surface area contributed by atoms with Gasteiger partial charge in [-0.1, -0.05) is 0 Å². The second kappa shape index (κ2) is 6.69. The maximum Gasteiger partial charge on any atom is 0.261 e. The normalized spacial score (nSPS) is 10.2. The molecule has 0 radical (unpaired) electrons. The van der Waals surface area contributed by atoms with Gasteiger partial charge >= 0.3 is 0 Å². The van der Waals surface area contributed by atoms with Gasteiger partial charge in [-0.2, -0.15) is 0 Å². The number of carbonyl (C=O) groups is 1. The van der Waals surface area contributed by atoms with Crippen molar-refractivity contribution in [3.8, 4) is 0 Å². The maximum atomic E-state index is 12.0. The van der Waals surface area contributed by atoms with Crippen molar-refractivity contribution in [3.63, 3.8) is 0 Å². The molecule has 0 aliphatic heterocycles. The van der Waals surface area contributed by atoms with Crippen molar-refractivity contribution < 1.29 is 4.79 Å². The van der Waals surface area contributed by atoms with Gasteiger partial charge < -0.3 is 15.2 Å². The lowest BCUT2D eigenvalue weighted by atomic mass is 10.2. The highest BCUT2D eigenvalue weighted by Crippen LogP contribution is 2.14. The summed E-state index contributed by atoms with van der Waals surface area (Å²) in [5.41, 5.74) is 0.309. The number of anilines is 2. The zero-order chi connectivity index (χ0) is 15.2. The lowest BCUT2D eigenvalue weighted by Gasteiger charge is -2.19. The molecule has 0 bridgehead atoms. The van der Waals surface area contributed by atoms with E-state index in [4.69, 9.17) is 0 Å². The monoisotopic (exact) mass is 286 g/mol. The SMILES string of the molecule is CCN(CC)c1ccc(NC(=O)c2c[nH]ccc2=O)cn1. The number of rotatable bonds is 5. The second-order valence-electron chi connectivity index (χ2n) is 4.45. The van der Waals surface area contributed by atoms with Gasteiger partial charge in [0.25, 0.3) is 5.91 Å². The number of nitrogens with zero attached hydrogens (tertiary/aromatic N) is 2. The van der Waals surface area contributed by atoms with Gasteiger partial charge in [0, 0.05) is 31.5 Å². The van der Waals surface area contributed by atoms with Crippen molar-refractivity contribution in [1.29, 1.82) is 0 Å². The van der Waals surface area contributed by atoms with E-state index in [1.807, 2.05) is 6.07 Å². The molecule has 0 aliphatic rings. The van der Waals surface area contributed by atoms with Crippen LogP contribution in [-0.4, -0.2) is 29.0 Å². The molecule has 0 unspecified atom stereocenters. The van der Waals surface area contributed by atoms with Gasteiger partial charge in [0.1, 0.15) is 11.4 Å². The fourth-order valence-corrected chi connectivity index (χ4v) is 1.99. The Hall–Kier alpha value is -2.63. The Morgan fingerprint density at radius 3 is 2.62 bits per heavy atom. The summed E-state index contributed by atoms with van der Waals surface area (Å²) in [4.78, 5) is 32.7. The Labute approximate surface area is 122 Å². The lowest BCUT2D eigenvalue weighted by Crippen LogP contribution is -2.23. The third-order valence-corrected chi connectivity index (χ3v) is 3.16. The fourth-order valence-electron chi connectivity index (χ4n) is 1.99. The van der Waals surface area contributed by atoms with E-state index in [9.17, 15) is 9.59 Å². The molecule has 110 valence electrons. The number of aromatic amines is 1. The Morgan fingerprint density at radius 1 is 1.29 bits per heavy atom. The van der Waals surface area contributed by atoms with Crippen LogP contribution in [0.3, 0.4) is 0 Å². The number of hydrogen-bond donors (Lipinski definition) is 2. The van der Waals surface area contributed by atoms with Crippen LogP contribution in [0, 0.1) is 0 Å². The third-order valence-electron chi connectivity index (χ3n) is 3.16. The first-order valence-electron chi connectivity index (χ1n) is 6.85. The number of pyridine rings is 2. The van der Waals surface area contributed by atoms with E-state index >= 15 is 0 Å². The summed E-state index contributed by atoms with van der Waals surface area (Å²) < 4.78 is 0. The summed E-state index contributed by atoms with van der Waals surface area (Å²) in [7, 11) is 0. The summed E-state index contributed by atoms with van der Waals surface area (Å²) in [6, 6.07) is 4.93. The molecular formula is C15H18N4O2. The van der Waals surface area contributed by atoms with Crippen molar-refractivity contribution in [1.82, 2.24) is 9.97 Å². The van der Waals surface area contributed by atoms with Gasteiger partial charge in [-0.15, -0.1) is 0 Å². The molecule has 1 amide bonds. The Kier molecular flexibility index (Phi) is 4.71. The number of amides is 1. The van der Waals surface area contributed by atoms with Crippen LogP contribution in [0.1, 0.15) is 24.2 Å². The van der Waals surface area contributed by atoms with Crippen molar-refractivity contribution in [2.75, 3.05) is 23.3 Å². The van der Waals surface area contributed by atoms with Gasteiger partial charge in [-0.25, -0.2) is 4.98 Å². The lowest BCUT2D eigenvalue weighted by molar-refractivity contribution is 0.102. The molecule has 0 aromatic carbocycles. The predicted molar refractivity (Wildman–Crippen MR) is 82.8 cm³/mol. The average Bonchev–Trinajstić information content (AvgIpc) is 2.50. The Morgan fingerprint density at radius 2 is 2.05 bits per heavy atom. The largest absolute Gasteiger partial charge is 0.367 e. The first-order chi connectivity index (χ1) is 10.2. The minimum Gasteiger partial charge on any atom is -0.367 e. The van der Waals surface area contributed by atoms with E-state index < -0.39 is 5.91 Å². The van der Waals surface area contributed by atoms with Gasteiger partial charge in [0.2, 0.25) is 0 Å². The molecule has 0 atom stereocenters. The number of H-pyrrole nitrogens is 1. The van der Waals surface area contributed by atoms with E-state index in [-0.39, 0.29) is 11.0 Å². The molecule has 6 heteroatoms. The molecular weight excluding hydrogens is 268 g/mol. The van der Waals surface area contributed by atoms with Crippen LogP contribution in [0.5, 0.6) is 0 Å². The highest BCUT2D eigenvalue weighted by molar-refractivity contribution is 6.03. The smallest absolute Gasteiger partial charge is 0.261 e. The van der Waals surface area contributed by atoms with Crippen molar-refractivity contribution >= 4 is 17.4 Å². The molecule has 0 spiro atoms. The van der Waals surface area contributed by atoms with Crippen molar-refractivity contribution in [2.45, 2.75) is 13.8 Å². The molecule has 6 nitrogen and oxygen atoms in total. The van der Waals surface area contributed by atoms with E-state index in [2.05, 4.69) is 34.0 Å². The molecule has 0 saturated heterocycles. The Balaban J connectivity index is 2.12. The molecule has 0 aliphatic carbocycles. The van der Waals surface area contributed by atoms with E-state index in [1.165, 1.54) is 18.5 Å². The average molecular weight is 286 g/mol. The standard InChI is InChI=1S/C15H18N4O2/c1-3-19(4-2)14-6-5-11(9-17-14)18-15(21)12-10-16-8-7-13(12)20/h5-10H,3-4H2,1-2H3,(H,16,20)(H,18,21). The van der Waals surface area contributed by atoms with Crippen LogP contribution in [0.25, 0.3) is 0 Å². The summed E-state index contributed by atoms with van der Waals surface area (Å²) in [5, 5.41) is 2.66. The molecule has 2 heterocycles. The van der Waals surface area contributed by atoms with Gasteiger partial charge in [0.05, 0.1) is 11.9 Å². The fraction of sp³-hybridized carbons (Fsp3) is 0.267. The second-order valence-corrected chi connectivity index (χ2v) is 4.45. The third kappa shape index (κ3) is 3.47. The molecule has 21 heavy (non-hydrogen) atoms. The first-order valence-corrected chi connectivity index (χ1v) is 6.85. The zero-order valence-electron chi connectivity index (χ0n) is 12.1. The molecule has 0 fully saturated rings. The van der Waals surface area contributed by atoms with Crippen LogP contribution in [0.15, 0.2) is 41.6 Å². The quantitative estimate of drug-likeness (QED) is 0.879. The molecule has 2 aromatic heterocycles. The minimum absolute atomic E-state index is 0.0744. The van der Waals surface area contributed by atoms with Crippen LogP contribution in [0.2, 0.25) is 0 Å². The number of nitrogens with one attached hydrogen (secondary N) is 2. The van der Waals surface area contributed by atoms with Crippen molar-refractivity contribution in [2.24, 2.45) is 0 Å². The molecule has 0 saturated carbocycles. The Bertz CT molecular complexity index is 660. The maximum absolute atomic E-state index is 12.0. The van der Waals surface area contributed by atoms with E-state index in [0.717, 1.165) is 18.9 Å². The van der Waals surface area contributed by atoms with Crippen LogP contribution < -0.4 is 15.6 Å². The summed E-state index contributed by atoms with van der Waals surface area (Å²) >= 11 is 0. The van der Waals surface area contributed by atoms with Crippen LogP contribution in [-0.2, 0) is 0 Å². The van der Waals surface area contributed by atoms with Gasteiger partial charge in [0.15, 0.2) is 5.43 Å². The summed E-state index contributed by atoms with van der Waals surface area (Å²) in [6.07, 6.45) is 4.46. The highest BCUT2D eigenvalue weighted by Gasteiger charge is 2.10. The van der Waals surface area contributed by atoms with Gasteiger partial charge in [-0.3, -0.25) is 9.59 Å². The summed E-state index contributed by atoms with van der Waals surface area (Å²) in [6.45, 7) is 5.86. The predicted octanol–water partition coefficient (Wildman–Crippen LogP) is 1.87. The molecule has 2 aromatic rings. The summed E-state index contributed by atoms with van der Waals surface area (Å²) in [5.74, 6) is 0.407. The topological polar surface area (TPSA) is 78.1 Å². The minimum atomic E-state index is -0.450. The van der Waals surface area contributed by atoms with Crippen LogP contribution in [0.4, 0.5) is 11.5 Å². The van der Waals surface area contributed by atoms with Crippen LogP contribution >= 0.6 is 0 Å². The van der Waals surface area contributed by atoms with E-state index in [1.54, 1.807) is 12.3 Å². The molecule has 2 rings (SSSR count). The first kappa shape index (κ1) is 14.8.